The molecular formula is C17H26F3N3O5S2. The number of sulfonamides is 1. The number of nitrogens with zero attached hydrogens (tertiary/aromatic N) is 2. The standard InChI is InChI=1S/C15H25N3O3S2.C2HF3O2/c1-12-14(22-11-16-12)9-18-7-6-15(10-18)5-3-4-13(21-15)8-17-23(2,19)20;3-2(4,5)1(6)7/h11,13,17H,3-10H2,1-2H3;(H,6,7)/t13-,15+;/m0./s1. The van der Waals surface area contributed by atoms with Crippen LogP contribution in [0.4, 0.5) is 13.2 Å². The Balaban J connectivity index is 0.000000396. The predicted octanol–water partition coefficient (Wildman–Crippen LogP) is 2.15. The van der Waals surface area contributed by atoms with E-state index in [9.17, 15) is 21.6 Å². The molecule has 2 aliphatic rings. The molecule has 1 spiro atoms. The third-order valence-electron chi connectivity index (χ3n) is 5.00. The van der Waals surface area contributed by atoms with Crippen LogP contribution in [0.2, 0.25) is 0 Å². The van der Waals surface area contributed by atoms with Crippen molar-refractivity contribution in [2.45, 2.75) is 57.0 Å². The van der Waals surface area contributed by atoms with Crippen molar-refractivity contribution >= 4 is 27.3 Å². The zero-order valence-electron chi connectivity index (χ0n) is 16.7. The first kappa shape index (κ1) is 25.0. The van der Waals surface area contributed by atoms with Gasteiger partial charge in [0.05, 0.1) is 29.2 Å². The van der Waals surface area contributed by atoms with E-state index in [1.165, 1.54) is 11.1 Å². The summed E-state index contributed by atoms with van der Waals surface area (Å²) in [5.41, 5.74) is 2.93. The highest BCUT2D eigenvalue weighted by Gasteiger charge is 2.43. The zero-order chi connectivity index (χ0) is 22.6. The van der Waals surface area contributed by atoms with E-state index in [1.807, 2.05) is 5.51 Å². The maximum atomic E-state index is 11.3. The fraction of sp³-hybridized carbons (Fsp3) is 0.765. The average molecular weight is 474 g/mol. The van der Waals surface area contributed by atoms with Crippen LogP contribution in [0.5, 0.6) is 0 Å². The summed E-state index contributed by atoms with van der Waals surface area (Å²) < 4.78 is 63.2. The van der Waals surface area contributed by atoms with Crippen LogP contribution in [0.1, 0.15) is 36.3 Å². The van der Waals surface area contributed by atoms with Gasteiger partial charge in [-0.1, -0.05) is 0 Å². The van der Waals surface area contributed by atoms with Crippen molar-refractivity contribution in [2.24, 2.45) is 0 Å². The molecule has 0 aliphatic carbocycles. The van der Waals surface area contributed by atoms with Gasteiger partial charge in [-0.05, 0) is 32.6 Å². The minimum Gasteiger partial charge on any atom is -0.475 e. The number of thiazole rings is 1. The number of carboxylic acids is 1. The van der Waals surface area contributed by atoms with Gasteiger partial charge in [-0.3, -0.25) is 4.90 Å². The number of nitrogens with one attached hydrogen (secondary N) is 1. The number of carboxylic acid groups (broad SMARTS) is 1. The second kappa shape index (κ2) is 9.90. The lowest BCUT2D eigenvalue weighted by atomic mass is 9.90. The number of aryl methyl sites for hydroxylation is 1. The molecule has 1 aromatic rings. The zero-order valence-corrected chi connectivity index (χ0v) is 18.4. The Hall–Kier alpha value is -1.28. The highest BCUT2D eigenvalue weighted by molar-refractivity contribution is 7.88. The molecule has 3 heterocycles. The van der Waals surface area contributed by atoms with Crippen molar-refractivity contribution < 1.29 is 36.2 Å². The van der Waals surface area contributed by atoms with Crippen molar-refractivity contribution in [1.29, 1.82) is 0 Å². The Morgan fingerprint density at radius 1 is 1.47 bits per heavy atom. The Labute approximate surface area is 177 Å². The molecule has 172 valence electrons. The molecule has 0 unspecified atom stereocenters. The third kappa shape index (κ3) is 7.76. The monoisotopic (exact) mass is 473 g/mol. The fourth-order valence-corrected chi connectivity index (χ4v) is 4.86. The van der Waals surface area contributed by atoms with E-state index >= 15 is 0 Å². The van der Waals surface area contributed by atoms with Gasteiger partial charge in [-0.2, -0.15) is 13.2 Å². The van der Waals surface area contributed by atoms with E-state index in [1.54, 1.807) is 11.3 Å². The molecule has 2 aliphatic heterocycles. The summed E-state index contributed by atoms with van der Waals surface area (Å²) in [6.07, 6.45) is 0.228. The third-order valence-corrected chi connectivity index (χ3v) is 6.61. The van der Waals surface area contributed by atoms with Crippen molar-refractivity contribution in [3.8, 4) is 0 Å². The normalized spacial score (nSPS) is 25.2. The van der Waals surface area contributed by atoms with Gasteiger partial charge in [0, 0.05) is 31.1 Å². The van der Waals surface area contributed by atoms with Crippen molar-refractivity contribution in [1.82, 2.24) is 14.6 Å². The summed E-state index contributed by atoms with van der Waals surface area (Å²) in [5.74, 6) is -2.76. The molecule has 1 aromatic heterocycles. The number of aromatic nitrogens is 1. The fourth-order valence-electron chi connectivity index (χ4n) is 3.56. The molecule has 0 saturated carbocycles. The Morgan fingerprint density at radius 3 is 2.67 bits per heavy atom. The topological polar surface area (TPSA) is 109 Å². The lowest BCUT2D eigenvalue weighted by Crippen LogP contribution is -2.46. The molecule has 2 N–H and O–H groups in total. The minimum absolute atomic E-state index is 0.0106. The molecule has 30 heavy (non-hydrogen) atoms. The van der Waals surface area contributed by atoms with Gasteiger partial charge in [0.1, 0.15) is 0 Å². The summed E-state index contributed by atoms with van der Waals surface area (Å²) in [7, 11) is -3.15. The maximum absolute atomic E-state index is 11.3. The first-order chi connectivity index (χ1) is 13.8. The number of aliphatic carboxylic acids is 1. The quantitative estimate of drug-likeness (QED) is 0.675. The van der Waals surface area contributed by atoms with Crippen LogP contribution >= 0.6 is 11.3 Å². The van der Waals surface area contributed by atoms with Crippen molar-refractivity contribution in [2.75, 3.05) is 25.9 Å². The van der Waals surface area contributed by atoms with Gasteiger partial charge in [0.15, 0.2) is 0 Å². The van der Waals surface area contributed by atoms with E-state index in [0.717, 1.165) is 51.0 Å². The van der Waals surface area contributed by atoms with Gasteiger partial charge in [-0.25, -0.2) is 22.9 Å². The summed E-state index contributed by atoms with van der Waals surface area (Å²) in [4.78, 5) is 17.0. The average Bonchev–Trinajstić information content (AvgIpc) is 3.19. The van der Waals surface area contributed by atoms with Crippen LogP contribution in [-0.4, -0.2) is 73.1 Å². The molecule has 2 fully saturated rings. The first-order valence-electron chi connectivity index (χ1n) is 9.33. The van der Waals surface area contributed by atoms with Crippen LogP contribution in [0.3, 0.4) is 0 Å². The first-order valence-corrected chi connectivity index (χ1v) is 12.1. The van der Waals surface area contributed by atoms with E-state index in [-0.39, 0.29) is 11.7 Å². The number of hydrogen-bond donors (Lipinski definition) is 2. The Bertz CT molecular complexity index is 831. The van der Waals surface area contributed by atoms with Gasteiger partial charge >= 0.3 is 12.1 Å². The molecule has 13 heteroatoms. The molecular weight excluding hydrogens is 447 g/mol. The number of carbonyl (C=O) groups is 1. The molecule has 0 aromatic carbocycles. The molecule has 2 saturated heterocycles. The van der Waals surface area contributed by atoms with E-state index in [2.05, 4.69) is 21.5 Å². The van der Waals surface area contributed by atoms with Gasteiger partial charge < -0.3 is 9.84 Å². The van der Waals surface area contributed by atoms with Crippen LogP contribution in [0.15, 0.2) is 5.51 Å². The molecule has 8 nitrogen and oxygen atoms in total. The number of likely N-dealkylation sites (tertiary alicyclic amines) is 1. The number of alkyl halides is 3. The smallest absolute Gasteiger partial charge is 0.475 e. The highest BCUT2D eigenvalue weighted by atomic mass is 32.2. The van der Waals surface area contributed by atoms with Crippen molar-refractivity contribution in [3.63, 3.8) is 0 Å². The maximum Gasteiger partial charge on any atom is 0.490 e. The number of hydrogen-bond acceptors (Lipinski definition) is 7. The van der Waals surface area contributed by atoms with Crippen LogP contribution in [0.25, 0.3) is 0 Å². The highest BCUT2D eigenvalue weighted by Crippen LogP contribution is 2.37. The second-order valence-corrected chi connectivity index (χ2v) is 10.3. The Kier molecular flexibility index (Phi) is 8.24. The van der Waals surface area contributed by atoms with Crippen LogP contribution in [-0.2, 0) is 26.1 Å². The van der Waals surface area contributed by atoms with Gasteiger partial charge in [-0.15, -0.1) is 11.3 Å². The summed E-state index contributed by atoms with van der Waals surface area (Å²) in [6.45, 7) is 5.34. The van der Waals surface area contributed by atoms with E-state index < -0.39 is 22.2 Å². The lowest BCUT2D eigenvalue weighted by Gasteiger charge is -2.38. The lowest BCUT2D eigenvalue weighted by molar-refractivity contribution is -0.192. The summed E-state index contributed by atoms with van der Waals surface area (Å²) in [6, 6.07) is 0. The van der Waals surface area contributed by atoms with Crippen molar-refractivity contribution in [3.05, 3.63) is 16.1 Å². The van der Waals surface area contributed by atoms with Crippen LogP contribution < -0.4 is 4.72 Å². The van der Waals surface area contributed by atoms with Crippen LogP contribution in [0, 0.1) is 6.92 Å². The minimum atomic E-state index is -5.08. The molecule has 0 bridgehead atoms. The van der Waals surface area contributed by atoms with E-state index in [0.29, 0.717) is 6.54 Å². The molecule has 0 radical (unpaired) electrons. The summed E-state index contributed by atoms with van der Waals surface area (Å²) >= 11 is 1.71. The second-order valence-electron chi connectivity index (χ2n) is 7.56. The number of rotatable bonds is 5. The Morgan fingerprint density at radius 2 is 2.13 bits per heavy atom. The van der Waals surface area contributed by atoms with Gasteiger partial charge in [0.2, 0.25) is 10.0 Å². The molecule has 2 atom stereocenters. The number of ether oxygens (including phenoxy) is 1. The number of halogens is 3. The molecule has 0 amide bonds. The van der Waals surface area contributed by atoms with E-state index in [4.69, 9.17) is 14.6 Å². The summed E-state index contributed by atoms with van der Waals surface area (Å²) in [5, 5.41) is 7.12. The predicted molar refractivity (Wildman–Crippen MR) is 105 cm³/mol. The largest absolute Gasteiger partial charge is 0.490 e. The SMILES string of the molecule is Cc1ncsc1CN1CC[C@]2(CCC[C@@H](CNS(C)(=O)=O)O2)C1.O=C(O)C(F)(F)F. The van der Waals surface area contributed by atoms with Gasteiger partial charge in [0.25, 0.3) is 0 Å². The molecule has 3 rings (SSSR count).